The summed E-state index contributed by atoms with van der Waals surface area (Å²) in [4.78, 5) is 11.7. The van der Waals surface area contributed by atoms with Crippen LogP contribution in [0.1, 0.15) is 17.2 Å². The zero-order valence-electron chi connectivity index (χ0n) is 17.7. The van der Waals surface area contributed by atoms with Crippen LogP contribution in [0.25, 0.3) is 0 Å². The Morgan fingerprint density at radius 1 is 1.15 bits per heavy atom. The molecule has 1 saturated heterocycles. The highest BCUT2D eigenvalue weighted by Crippen LogP contribution is 2.35. The minimum atomic E-state index is -4.63. The van der Waals surface area contributed by atoms with Gasteiger partial charge in [-0.25, -0.2) is 23.4 Å². The highest BCUT2D eigenvalue weighted by atomic mass is 32.2. The number of rotatable bonds is 6. The molecule has 1 aliphatic heterocycles. The molecule has 1 aliphatic rings. The van der Waals surface area contributed by atoms with Crippen molar-refractivity contribution < 1.29 is 21.6 Å². The third-order valence-corrected chi connectivity index (χ3v) is 7.58. The molecule has 0 aliphatic carbocycles. The van der Waals surface area contributed by atoms with Gasteiger partial charge in [0.15, 0.2) is 15.9 Å². The number of benzene rings is 1. The molecule has 33 heavy (non-hydrogen) atoms. The number of hydrogen-bond acceptors (Lipinski definition) is 7. The molecule has 0 radical (unpaired) electrons. The van der Waals surface area contributed by atoms with Gasteiger partial charge >= 0.3 is 6.18 Å². The van der Waals surface area contributed by atoms with Crippen molar-refractivity contribution in [1.82, 2.24) is 23.8 Å². The van der Waals surface area contributed by atoms with E-state index in [0.29, 0.717) is 0 Å². The standard InChI is InChI=1S/C20H21F3N6O2S2/c1-28-11-18(24-12-28)33(30,31)29-9-14(13-6-4-3-5-7-13)15(10-29)25-17-8-16(20(21,22)23)26-19(27-17)32-2/h3-8,11-12,14-15H,9-10H2,1-2H3,(H,25,26,27). The van der Waals surface area contributed by atoms with Crippen molar-refractivity contribution in [3.8, 4) is 0 Å². The lowest BCUT2D eigenvalue weighted by Gasteiger charge is -2.21. The van der Waals surface area contributed by atoms with Crippen LogP contribution < -0.4 is 5.32 Å². The number of hydrogen-bond donors (Lipinski definition) is 1. The number of thioether (sulfide) groups is 1. The Kier molecular flexibility index (Phi) is 6.38. The zero-order chi connectivity index (χ0) is 23.8. The number of imidazole rings is 1. The fourth-order valence-electron chi connectivity index (χ4n) is 3.73. The van der Waals surface area contributed by atoms with E-state index in [-0.39, 0.29) is 35.0 Å². The predicted molar refractivity (Wildman–Crippen MR) is 117 cm³/mol. The first-order valence-corrected chi connectivity index (χ1v) is 12.5. The van der Waals surface area contributed by atoms with Crippen LogP contribution in [0.15, 0.2) is 59.1 Å². The molecule has 0 amide bonds. The second kappa shape index (κ2) is 8.95. The summed E-state index contributed by atoms with van der Waals surface area (Å²) in [5.74, 6) is -0.323. The second-order valence-electron chi connectivity index (χ2n) is 7.59. The van der Waals surface area contributed by atoms with Crippen LogP contribution in [0.5, 0.6) is 0 Å². The Labute approximate surface area is 193 Å². The fourth-order valence-corrected chi connectivity index (χ4v) is 5.57. The molecule has 176 valence electrons. The molecular formula is C20H21F3N6O2S2. The minimum absolute atomic E-state index is 0.00955. The van der Waals surface area contributed by atoms with Crippen LogP contribution in [0, 0.1) is 0 Å². The number of halogens is 3. The van der Waals surface area contributed by atoms with Crippen molar-refractivity contribution in [2.24, 2.45) is 7.05 Å². The lowest BCUT2D eigenvalue weighted by molar-refractivity contribution is -0.141. The monoisotopic (exact) mass is 498 g/mol. The maximum absolute atomic E-state index is 13.3. The van der Waals surface area contributed by atoms with Crippen molar-refractivity contribution in [1.29, 1.82) is 0 Å². The van der Waals surface area contributed by atoms with Gasteiger partial charge in [-0.05, 0) is 11.8 Å². The van der Waals surface area contributed by atoms with Gasteiger partial charge in [-0.3, -0.25) is 0 Å². The smallest absolute Gasteiger partial charge is 0.365 e. The van der Waals surface area contributed by atoms with Crippen LogP contribution in [-0.4, -0.2) is 57.6 Å². The molecule has 0 saturated carbocycles. The third-order valence-electron chi connectivity index (χ3n) is 5.31. The molecule has 8 nitrogen and oxygen atoms in total. The first kappa shape index (κ1) is 23.5. The quantitative estimate of drug-likeness (QED) is 0.412. The van der Waals surface area contributed by atoms with Gasteiger partial charge in [-0.15, -0.1) is 0 Å². The molecule has 13 heteroatoms. The number of aromatic nitrogens is 4. The summed E-state index contributed by atoms with van der Waals surface area (Å²) in [6.07, 6.45) is -0.231. The molecule has 0 spiro atoms. The molecule has 2 unspecified atom stereocenters. The lowest BCUT2D eigenvalue weighted by atomic mass is 9.94. The SMILES string of the molecule is CSc1nc(NC2CN(S(=O)(=O)c3cn(C)cn3)CC2c2ccccc2)cc(C(F)(F)F)n1. The third kappa shape index (κ3) is 4.99. The second-order valence-corrected chi connectivity index (χ2v) is 10.2. The van der Waals surface area contributed by atoms with E-state index in [1.165, 1.54) is 21.4 Å². The minimum Gasteiger partial charge on any atom is -0.365 e. The maximum Gasteiger partial charge on any atom is 0.433 e. The van der Waals surface area contributed by atoms with Gasteiger partial charge in [0.2, 0.25) is 0 Å². The molecule has 1 aromatic carbocycles. The van der Waals surface area contributed by atoms with Crippen LogP contribution in [0.4, 0.5) is 19.0 Å². The van der Waals surface area contributed by atoms with E-state index in [1.54, 1.807) is 13.3 Å². The van der Waals surface area contributed by atoms with E-state index < -0.39 is 27.9 Å². The van der Waals surface area contributed by atoms with E-state index in [1.807, 2.05) is 30.3 Å². The number of alkyl halides is 3. The lowest BCUT2D eigenvalue weighted by Crippen LogP contribution is -2.32. The van der Waals surface area contributed by atoms with Gasteiger partial charge in [-0.2, -0.15) is 17.5 Å². The fraction of sp³-hybridized carbons (Fsp3) is 0.350. The summed E-state index contributed by atoms with van der Waals surface area (Å²) in [5, 5.41) is 2.93. The maximum atomic E-state index is 13.3. The van der Waals surface area contributed by atoms with E-state index in [9.17, 15) is 21.6 Å². The Morgan fingerprint density at radius 3 is 2.48 bits per heavy atom. The van der Waals surface area contributed by atoms with E-state index in [2.05, 4.69) is 20.3 Å². The Bertz CT molecular complexity index is 1230. The van der Waals surface area contributed by atoms with Crippen LogP contribution >= 0.6 is 11.8 Å². The van der Waals surface area contributed by atoms with Crippen molar-refractivity contribution in [2.75, 3.05) is 24.7 Å². The number of aryl methyl sites for hydroxylation is 1. The first-order chi connectivity index (χ1) is 15.6. The van der Waals surface area contributed by atoms with Gasteiger partial charge in [0.05, 0.1) is 6.33 Å². The molecule has 1 fully saturated rings. The van der Waals surface area contributed by atoms with Crippen molar-refractivity contribution in [2.45, 2.75) is 28.3 Å². The summed E-state index contributed by atoms with van der Waals surface area (Å²) in [6, 6.07) is 9.57. The topological polar surface area (TPSA) is 93.0 Å². The first-order valence-electron chi connectivity index (χ1n) is 9.88. The van der Waals surface area contributed by atoms with Crippen molar-refractivity contribution >= 4 is 27.6 Å². The van der Waals surface area contributed by atoms with Gasteiger partial charge < -0.3 is 9.88 Å². The van der Waals surface area contributed by atoms with Crippen LogP contribution in [-0.2, 0) is 23.2 Å². The summed E-state index contributed by atoms with van der Waals surface area (Å²) in [6.45, 7) is 0.186. The Morgan fingerprint density at radius 2 is 1.88 bits per heavy atom. The van der Waals surface area contributed by atoms with Gasteiger partial charge in [-0.1, -0.05) is 42.1 Å². The normalized spacial score (nSPS) is 19.7. The van der Waals surface area contributed by atoms with Crippen LogP contribution in [0.3, 0.4) is 0 Å². The van der Waals surface area contributed by atoms with Gasteiger partial charge in [0.1, 0.15) is 5.82 Å². The average Bonchev–Trinajstić information content (AvgIpc) is 3.41. The van der Waals surface area contributed by atoms with Crippen molar-refractivity contribution in [3.05, 3.63) is 60.2 Å². The largest absolute Gasteiger partial charge is 0.433 e. The number of sulfonamides is 1. The molecule has 3 heterocycles. The van der Waals surface area contributed by atoms with E-state index in [4.69, 9.17) is 0 Å². The average molecular weight is 499 g/mol. The summed E-state index contributed by atoms with van der Waals surface area (Å²) < 4.78 is 69.1. The molecule has 2 aromatic heterocycles. The van der Waals surface area contributed by atoms with Gasteiger partial charge in [0, 0.05) is 44.4 Å². The summed E-state index contributed by atoms with van der Waals surface area (Å²) in [7, 11) is -2.21. The Balaban J connectivity index is 1.68. The highest BCUT2D eigenvalue weighted by molar-refractivity contribution is 7.98. The molecule has 0 bridgehead atoms. The molecule has 4 rings (SSSR count). The Hall–Kier alpha value is -2.64. The molecule has 1 N–H and O–H groups in total. The van der Waals surface area contributed by atoms with Crippen molar-refractivity contribution in [3.63, 3.8) is 0 Å². The van der Waals surface area contributed by atoms with E-state index >= 15 is 0 Å². The number of anilines is 1. The summed E-state index contributed by atoms with van der Waals surface area (Å²) in [5.41, 5.74) is -0.194. The van der Waals surface area contributed by atoms with E-state index in [0.717, 1.165) is 23.4 Å². The number of nitrogens with one attached hydrogen (secondary N) is 1. The number of nitrogens with zero attached hydrogens (tertiary/aromatic N) is 5. The molecule has 3 aromatic rings. The zero-order valence-corrected chi connectivity index (χ0v) is 19.3. The summed E-state index contributed by atoms with van der Waals surface area (Å²) >= 11 is 0.994. The molecule has 2 atom stereocenters. The van der Waals surface area contributed by atoms with Gasteiger partial charge in [0.25, 0.3) is 10.0 Å². The predicted octanol–water partition coefficient (Wildman–Crippen LogP) is 3.22. The molecular weight excluding hydrogens is 477 g/mol. The van der Waals surface area contributed by atoms with Crippen LogP contribution in [0.2, 0.25) is 0 Å². The highest BCUT2D eigenvalue weighted by Gasteiger charge is 2.41.